The van der Waals surface area contributed by atoms with Gasteiger partial charge < -0.3 is 4.42 Å². The second-order valence-electron chi connectivity index (χ2n) is 7.22. The molecule has 0 aromatic carbocycles. The highest BCUT2D eigenvalue weighted by Crippen LogP contribution is 2.42. The summed E-state index contributed by atoms with van der Waals surface area (Å²) in [5.41, 5.74) is 2.10. The maximum absolute atomic E-state index is 11.4. The molecule has 3 aliphatic rings. The summed E-state index contributed by atoms with van der Waals surface area (Å²) < 4.78 is 32.9. The number of fused-ring (bicyclic) bond motifs is 3. The van der Waals surface area contributed by atoms with Gasteiger partial charge in [-0.3, -0.25) is 9.58 Å². The molecular weight excluding hydrogens is 340 g/mol. The lowest BCUT2D eigenvalue weighted by molar-refractivity contribution is 0.0306. The Bertz CT molecular complexity index is 843. The van der Waals surface area contributed by atoms with Crippen LogP contribution in [0.15, 0.2) is 28.9 Å². The molecule has 2 bridgehead atoms. The molecule has 25 heavy (non-hydrogen) atoms. The standard InChI is InChI=1S/C17H24N4O3S/c1-20-16(9-15(19-20)17-4-3-7-24-17)14-11-21-6-5-12(14)8-13(21)10-18-25(2,22)23/h3-4,7,9,12-14,18H,5-6,8,10-11H2,1-2H3. The van der Waals surface area contributed by atoms with E-state index in [1.165, 1.54) is 11.9 Å². The predicted octanol–water partition coefficient (Wildman–Crippen LogP) is 1.41. The Hall–Kier alpha value is -1.64. The van der Waals surface area contributed by atoms with Gasteiger partial charge in [0.15, 0.2) is 5.76 Å². The van der Waals surface area contributed by atoms with Crippen LogP contribution in [0.1, 0.15) is 24.5 Å². The van der Waals surface area contributed by atoms with Crippen molar-refractivity contribution in [2.45, 2.75) is 24.8 Å². The number of nitrogens with one attached hydrogen (secondary N) is 1. The second-order valence-corrected chi connectivity index (χ2v) is 9.05. The molecule has 0 saturated carbocycles. The molecule has 5 rings (SSSR count). The van der Waals surface area contributed by atoms with Gasteiger partial charge in [0.1, 0.15) is 5.69 Å². The van der Waals surface area contributed by atoms with Gasteiger partial charge in [-0.25, -0.2) is 13.1 Å². The normalized spacial score (nSPS) is 29.2. The molecule has 7 nitrogen and oxygen atoms in total. The fourth-order valence-electron chi connectivity index (χ4n) is 4.31. The summed E-state index contributed by atoms with van der Waals surface area (Å²) in [5.74, 6) is 1.79. The van der Waals surface area contributed by atoms with Gasteiger partial charge in [0.25, 0.3) is 0 Å². The molecule has 2 aromatic heterocycles. The van der Waals surface area contributed by atoms with Crippen molar-refractivity contribution in [1.82, 2.24) is 19.4 Å². The Labute approximate surface area is 148 Å². The number of furan rings is 1. The number of aryl methyl sites for hydroxylation is 1. The van der Waals surface area contributed by atoms with Crippen LogP contribution >= 0.6 is 0 Å². The van der Waals surface area contributed by atoms with Crippen molar-refractivity contribution in [2.75, 3.05) is 25.9 Å². The van der Waals surface area contributed by atoms with Gasteiger partial charge in [-0.05, 0) is 43.5 Å². The highest BCUT2D eigenvalue weighted by atomic mass is 32.2. The lowest BCUT2D eigenvalue weighted by atomic mass is 9.74. The summed E-state index contributed by atoms with van der Waals surface area (Å²) in [5, 5.41) is 4.61. The van der Waals surface area contributed by atoms with Crippen LogP contribution < -0.4 is 4.72 Å². The van der Waals surface area contributed by atoms with E-state index in [2.05, 4.69) is 20.8 Å². The summed E-state index contributed by atoms with van der Waals surface area (Å²) in [4.78, 5) is 2.42. The fraction of sp³-hybridized carbons (Fsp3) is 0.588. The first-order valence-corrected chi connectivity index (χ1v) is 10.6. The molecule has 136 valence electrons. The van der Waals surface area contributed by atoms with Crippen LogP contribution in [-0.4, -0.2) is 55.0 Å². The number of rotatable bonds is 5. The zero-order chi connectivity index (χ0) is 17.6. The number of piperidine rings is 3. The van der Waals surface area contributed by atoms with Crippen molar-refractivity contribution in [3.8, 4) is 11.5 Å². The number of sulfonamides is 1. The van der Waals surface area contributed by atoms with Crippen LogP contribution in [0.5, 0.6) is 0 Å². The van der Waals surface area contributed by atoms with E-state index in [4.69, 9.17) is 4.42 Å². The molecule has 0 aliphatic carbocycles. The van der Waals surface area contributed by atoms with Gasteiger partial charge in [0, 0.05) is 37.8 Å². The van der Waals surface area contributed by atoms with Crippen LogP contribution in [0.3, 0.4) is 0 Å². The zero-order valence-corrected chi connectivity index (χ0v) is 15.4. The van der Waals surface area contributed by atoms with Crippen molar-refractivity contribution in [3.63, 3.8) is 0 Å². The van der Waals surface area contributed by atoms with E-state index < -0.39 is 10.0 Å². The maximum atomic E-state index is 11.4. The Morgan fingerprint density at radius 3 is 2.92 bits per heavy atom. The van der Waals surface area contributed by atoms with Crippen molar-refractivity contribution >= 4 is 10.0 Å². The number of nitrogens with zero attached hydrogens (tertiary/aromatic N) is 3. The molecule has 0 amide bonds. The van der Waals surface area contributed by atoms with Gasteiger partial charge in [0.05, 0.1) is 12.5 Å². The van der Waals surface area contributed by atoms with E-state index in [0.29, 0.717) is 24.4 Å². The smallest absolute Gasteiger partial charge is 0.208 e. The van der Waals surface area contributed by atoms with E-state index in [-0.39, 0.29) is 0 Å². The van der Waals surface area contributed by atoms with Gasteiger partial charge in [0.2, 0.25) is 10.0 Å². The molecule has 2 aromatic rings. The quantitative estimate of drug-likeness (QED) is 0.868. The minimum Gasteiger partial charge on any atom is -0.463 e. The highest BCUT2D eigenvalue weighted by molar-refractivity contribution is 7.88. The first-order chi connectivity index (χ1) is 11.9. The molecule has 1 N–H and O–H groups in total. The topological polar surface area (TPSA) is 80.4 Å². The van der Waals surface area contributed by atoms with E-state index in [1.54, 1.807) is 6.26 Å². The van der Waals surface area contributed by atoms with Gasteiger partial charge >= 0.3 is 0 Å². The molecule has 4 unspecified atom stereocenters. The fourth-order valence-corrected chi connectivity index (χ4v) is 4.80. The number of aromatic nitrogens is 2. The largest absolute Gasteiger partial charge is 0.463 e. The first kappa shape index (κ1) is 16.8. The van der Waals surface area contributed by atoms with E-state index >= 15 is 0 Å². The molecule has 3 aliphatic heterocycles. The minimum atomic E-state index is -3.14. The van der Waals surface area contributed by atoms with E-state index in [0.717, 1.165) is 37.4 Å². The molecule has 3 fully saturated rings. The van der Waals surface area contributed by atoms with Gasteiger partial charge in [-0.1, -0.05) is 0 Å². The van der Waals surface area contributed by atoms with Crippen LogP contribution in [0.2, 0.25) is 0 Å². The van der Waals surface area contributed by atoms with Crippen LogP contribution in [0.25, 0.3) is 11.5 Å². The van der Waals surface area contributed by atoms with Crippen molar-refractivity contribution in [1.29, 1.82) is 0 Å². The maximum Gasteiger partial charge on any atom is 0.208 e. The SMILES string of the molecule is Cn1nc(-c2ccco2)cc1C1CN2CCC1CC2CNS(C)(=O)=O. The Kier molecular flexibility index (Phi) is 4.21. The van der Waals surface area contributed by atoms with Gasteiger partial charge in [-0.2, -0.15) is 5.10 Å². The van der Waals surface area contributed by atoms with Crippen LogP contribution in [0.4, 0.5) is 0 Å². The molecule has 0 spiro atoms. The van der Waals surface area contributed by atoms with Crippen molar-refractivity contribution in [2.24, 2.45) is 13.0 Å². The lowest BCUT2D eigenvalue weighted by Gasteiger charge is -2.49. The third-order valence-electron chi connectivity index (χ3n) is 5.53. The zero-order valence-electron chi connectivity index (χ0n) is 14.6. The highest BCUT2D eigenvalue weighted by Gasteiger charge is 2.41. The predicted molar refractivity (Wildman–Crippen MR) is 94.6 cm³/mol. The van der Waals surface area contributed by atoms with E-state index in [9.17, 15) is 8.42 Å². The molecule has 5 heterocycles. The molecular formula is C17H24N4O3S. The second kappa shape index (κ2) is 6.26. The first-order valence-electron chi connectivity index (χ1n) is 8.67. The average Bonchev–Trinajstić information content (AvgIpc) is 3.22. The average molecular weight is 364 g/mol. The van der Waals surface area contributed by atoms with Gasteiger partial charge in [-0.15, -0.1) is 0 Å². The minimum absolute atomic E-state index is 0.294. The summed E-state index contributed by atoms with van der Waals surface area (Å²) >= 11 is 0. The number of hydrogen-bond acceptors (Lipinski definition) is 5. The third-order valence-corrected chi connectivity index (χ3v) is 6.22. The van der Waals surface area contributed by atoms with Crippen LogP contribution in [-0.2, 0) is 17.1 Å². The summed E-state index contributed by atoms with van der Waals surface area (Å²) in [7, 11) is -1.15. The monoisotopic (exact) mass is 364 g/mol. The molecule has 4 atom stereocenters. The Balaban J connectivity index is 1.51. The number of hydrogen-bond donors (Lipinski definition) is 1. The van der Waals surface area contributed by atoms with E-state index in [1.807, 2.05) is 23.9 Å². The van der Waals surface area contributed by atoms with Crippen molar-refractivity contribution in [3.05, 3.63) is 30.2 Å². The molecule has 8 heteroatoms. The lowest BCUT2D eigenvalue weighted by Crippen LogP contribution is -2.56. The third kappa shape index (κ3) is 3.38. The summed E-state index contributed by atoms with van der Waals surface area (Å²) in [6.07, 6.45) is 5.06. The molecule has 3 saturated heterocycles. The molecule has 0 radical (unpaired) electrons. The Morgan fingerprint density at radius 2 is 2.28 bits per heavy atom. The van der Waals surface area contributed by atoms with Crippen LogP contribution in [0, 0.1) is 5.92 Å². The van der Waals surface area contributed by atoms with Crippen molar-refractivity contribution < 1.29 is 12.8 Å². The summed E-state index contributed by atoms with van der Waals surface area (Å²) in [6.45, 7) is 2.50. The Morgan fingerprint density at radius 1 is 1.44 bits per heavy atom. The summed E-state index contributed by atoms with van der Waals surface area (Å²) in [6, 6.07) is 6.23.